The van der Waals surface area contributed by atoms with Gasteiger partial charge < -0.3 is 14.4 Å². The van der Waals surface area contributed by atoms with Gasteiger partial charge in [-0.15, -0.1) is 0 Å². The van der Waals surface area contributed by atoms with Crippen LogP contribution in [0, 0.1) is 17.0 Å². The van der Waals surface area contributed by atoms with Crippen molar-refractivity contribution in [1.82, 2.24) is 0 Å². The molecule has 1 atom stereocenters. The minimum atomic E-state index is -0.558. The summed E-state index contributed by atoms with van der Waals surface area (Å²) in [6.45, 7) is 4.88. The van der Waals surface area contributed by atoms with Crippen molar-refractivity contribution in [2.75, 3.05) is 18.1 Å². The van der Waals surface area contributed by atoms with Gasteiger partial charge in [-0.1, -0.05) is 25.1 Å². The van der Waals surface area contributed by atoms with Gasteiger partial charge in [0.15, 0.2) is 6.10 Å². The standard InChI is InChI=1S/C21H24N2O5/c1-3-18-21(24)22(17-14-16(23(25)26)10-11-20(17)28-18)12-6-7-13-27-19-9-5-4-8-15(19)2/h4-5,8-11,14,18H,3,6-7,12-13H2,1-2H3. The number of unbranched alkanes of at least 4 members (excludes halogenated alkanes) is 1. The normalized spacial score (nSPS) is 15.7. The summed E-state index contributed by atoms with van der Waals surface area (Å²) in [5.41, 5.74) is 1.49. The monoisotopic (exact) mass is 384 g/mol. The summed E-state index contributed by atoms with van der Waals surface area (Å²) in [5.74, 6) is 1.21. The molecular weight excluding hydrogens is 360 g/mol. The minimum Gasteiger partial charge on any atom is -0.493 e. The van der Waals surface area contributed by atoms with E-state index in [1.807, 2.05) is 38.1 Å². The Labute approximate surface area is 164 Å². The van der Waals surface area contributed by atoms with Crippen molar-refractivity contribution in [3.63, 3.8) is 0 Å². The summed E-state index contributed by atoms with van der Waals surface area (Å²) < 4.78 is 11.5. The molecule has 1 aliphatic heterocycles. The lowest BCUT2D eigenvalue weighted by molar-refractivity contribution is -0.384. The van der Waals surface area contributed by atoms with Gasteiger partial charge in [-0.05, 0) is 43.9 Å². The molecule has 0 aliphatic carbocycles. The molecular formula is C21H24N2O5. The number of para-hydroxylation sites is 1. The van der Waals surface area contributed by atoms with Gasteiger partial charge in [-0.3, -0.25) is 14.9 Å². The Kier molecular flexibility index (Phi) is 6.13. The van der Waals surface area contributed by atoms with Crippen LogP contribution in [-0.4, -0.2) is 30.1 Å². The summed E-state index contributed by atoms with van der Waals surface area (Å²) in [7, 11) is 0. The largest absolute Gasteiger partial charge is 0.493 e. The highest BCUT2D eigenvalue weighted by Crippen LogP contribution is 2.37. The van der Waals surface area contributed by atoms with Crippen LogP contribution in [0.1, 0.15) is 31.7 Å². The number of aryl methyl sites for hydroxylation is 1. The van der Waals surface area contributed by atoms with Crippen molar-refractivity contribution in [2.24, 2.45) is 0 Å². The number of nitrogens with zero attached hydrogens (tertiary/aromatic N) is 2. The van der Waals surface area contributed by atoms with Crippen molar-refractivity contribution >= 4 is 17.3 Å². The smallest absolute Gasteiger partial charge is 0.271 e. The number of rotatable bonds is 8. The van der Waals surface area contributed by atoms with Crippen LogP contribution < -0.4 is 14.4 Å². The molecule has 2 aromatic rings. The number of fused-ring (bicyclic) bond motifs is 1. The molecule has 3 rings (SSSR count). The molecule has 7 heteroatoms. The van der Waals surface area contributed by atoms with Crippen LogP contribution in [0.5, 0.6) is 11.5 Å². The third-order valence-corrected chi connectivity index (χ3v) is 4.75. The summed E-state index contributed by atoms with van der Waals surface area (Å²) in [4.78, 5) is 25.0. The topological polar surface area (TPSA) is 81.9 Å². The van der Waals surface area contributed by atoms with Gasteiger partial charge in [0.25, 0.3) is 11.6 Å². The van der Waals surface area contributed by atoms with E-state index in [9.17, 15) is 14.9 Å². The first-order chi connectivity index (χ1) is 13.5. The van der Waals surface area contributed by atoms with Gasteiger partial charge in [-0.25, -0.2) is 0 Å². The van der Waals surface area contributed by atoms with Crippen LogP contribution in [0.25, 0.3) is 0 Å². The molecule has 0 saturated carbocycles. The number of carbonyl (C=O) groups excluding carboxylic acids is 1. The molecule has 0 N–H and O–H groups in total. The van der Waals surface area contributed by atoms with Gasteiger partial charge >= 0.3 is 0 Å². The van der Waals surface area contributed by atoms with Crippen molar-refractivity contribution in [3.05, 3.63) is 58.1 Å². The summed E-state index contributed by atoms with van der Waals surface area (Å²) >= 11 is 0. The molecule has 1 aliphatic rings. The van der Waals surface area contributed by atoms with Gasteiger partial charge in [-0.2, -0.15) is 0 Å². The number of nitro benzene ring substituents is 1. The maximum atomic E-state index is 12.7. The van der Waals surface area contributed by atoms with Gasteiger partial charge in [0.05, 0.1) is 17.2 Å². The van der Waals surface area contributed by atoms with Crippen LogP contribution in [0.15, 0.2) is 42.5 Å². The Balaban J connectivity index is 1.65. The molecule has 148 valence electrons. The molecule has 0 radical (unpaired) electrons. The Morgan fingerprint density at radius 2 is 2.00 bits per heavy atom. The lowest BCUT2D eigenvalue weighted by atomic mass is 10.1. The molecule has 1 unspecified atom stereocenters. The first kappa shape index (κ1) is 19.7. The second kappa shape index (κ2) is 8.73. The molecule has 0 bridgehead atoms. The first-order valence-corrected chi connectivity index (χ1v) is 9.46. The van der Waals surface area contributed by atoms with Crippen LogP contribution in [0.2, 0.25) is 0 Å². The van der Waals surface area contributed by atoms with Crippen LogP contribution in [0.4, 0.5) is 11.4 Å². The number of hydrogen-bond donors (Lipinski definition) is 0. The molecule has 0 spiro atoms. The summed E-state index contributed by atoms with van der Waals surface area (Å²) in [6, 6.07) is 12.2. The fourth-order valence-electron chi connectivity index (χ4n) is 3.19. The van der Waals surface area contributed by atoms with Crippen molar-refractivity contribution in [3.8, 4) is 11.5 Å². The Bertz CT molecular complexity index is 868. The maximum absolute atomic E-state index is 12.7. The highest BCUT2D eigenvalue weighted by Gasteiger charge is 2.34. The van der Waals surface area contributed by atoms with E-state index in [0.717, 1.165) is 24.2 Å². The molecule has 0 saturated heterocycles. The molecule has 0 fully saturated rings. The van der Waals surface area contributed by atoms with E-state index in [1.165, 1.54) is 12.1 Å². The SMILES string of the molecule is CCC1Oc2ccc([N+](=O)[O-])cc2N(CCCCOc2ccccc2C)C1=O. The van der Waals surface area contributed by atoms with Gasteiger partial charge in [0.1, 0.15) is 11.5 Å². The van der Waals surface area contributed by atoms with Crippen molar-refractivity contribution in [1.29, 1.82) is 0 Å². The fraction of sp³-hybridized carbons (Fsp3) is 0.381. The number of non-ortho nitro benzene ring substituents is 1. The molecule has 1 amide bonds. The minimum absolute atomic E-state index is 0.0574. The van der Waals surface area contributed by atoms with E-state index in [1.54, 1.807) is 11.0 Å². The second-order valence-corrected chi connectivity index (χ2v) is 6.73. The lowest BCUT2D eigenvalue weighted by Crippen LogP contribution is -2.46. The van der Waals surface area contributed by atoms with E-state index in [4.69, 9.17) is 9.47 Å². The predicted molar refractivity (Wildman–Crippen MR) is 106 cm³/mol. The first-order valence-electron chi connectivity index (χ1n) is 9.46. The number of carbonyl (C=O) groups is 1. The van der Waals surface area contributed by atoms with Crippen LogP contribution in [-0.2, 0) is 4.79 Å². The quantitative estimate of drug-likeness (QED) is 0.386. The molecule has 2 aromatic carbocycles. The summed E-state index contributed by atoms with van der Waals surface area (Å²) in [5, 5.41) is 11.1. The van der Waals surface area contributed by atoms with E-state index < -0.39 is 11.0 Å². The number of hydrogen-bond acceptors (Lipinski definition) is 5. The average molecular weight is 384 g/mol. The third kappa shape index (κ3) is 4.24. The third-order valence-electron chi connectivity index (χ3n) is 4.75. The zero-order valence-electron chi connectivity index (χ0n) is 16.1. The van der Waals surface area contributed by atoms with Gasteiger partial charge in [0.2, 0.25) is 0 Å². The van der Waals surface area contributed by atoms with Crippen molar-refractivity contribution in [2.45, 2.75) is 39.2 Å². The van der Waals surface area contributed by atoms with E-state index in [2.05, 4.69) is 0 Å². The predicted octanol–water partition coefficient (Wildman–Crippen LogP) is 4.27. The number of anilines is 1. The molecule has 28 heavy (non-hydrogen) atoms. The zero-order chi connectivity index (χ0) is 20.1. The maximum Gasteiger partial charge on any atom is 0.271 e. The van der Waals surface area contributed by atoms with Crippen molar-refractivity contribution < 1.29 is 19.2 Å². The van der Waals surface area contributed by atoms with E-state index >= 15 is 0 Å². The molecule has 0 aromatic heterocycles. The fourth-order valence-corrected chi connectivity index (χ4v) is 3.19. The zero-order valence-corrected chi connectivity index (χ0v) is 16.1. The highest BCUT2D eigenvalue weighted by atomic mass is 16.6. The molecule has 7 nitrogen and oxygen atoms in total. The number of benzene rings is 2. The Morgan fingerprint density at radius 1 is 1.21 bits per heavy atom. The van der Waals surface area contributed by atoms with Crippen LogP contribution >= 0.6 is 0 Å². The van der Waals surface area contributed by atoms with E-state index in [-0.39, 0.29) is 11.6 Å². The lowest BCUT2D eigenvalue weighted by Gasteiger charge is -2.34. The van der Waals surface area contributed by atoms with E-state index in [0.29, 0.717) is 31.0 Å². The number of ether oxygens (including phenoxy) is 2. The number of amides is 1. The van der Waals surface area contributed by atoms with Gasteiger partial charge in [0, 0.05) is 18.7 Å². The Morgan fingerprint density at radius 3 is 2.71 bits per heavy atom. The number of nitro groups is 1. The summed E-state index contributed by atoms with van der Waals surface area (Å²) in [6.07, 6.45) is 1.47. The van der Waals surface area contributed by atoms with Crippen LogP contribution in [0.3, 0.4) is 0 Å². The second-order valence-electron chi connectivity index (χ2n) is 6.73. The Hall–Kier alpha value is -3.09. The average Bonchev–Trinajstić information content (AvgIpc) is 2.69. The highest BCUT2D eigenvalue weighted by molar-refractivity contribution is 6.00. The molecule has 1 heterocycles.